The van der Waals surface area contributed by atoms with Gasteiger partial charge < -0.3 is 11.1 Å². The zero-order valence-corrected chi connectivity index (χ0v) is 11.3. The highest BCUT2D eigenvalue weighted by atomic mass is 19.1. The Kier molecular flexibility index (Phi) is 4.62. The fraction of sp³-hybridized carbons (Fsp3) is 0.429. The molecule has 0 saturated heterocycles. The molecule has 1 amide bonds. The third kappa shape index (κ3) is 4.04. The van der Waals surface area contributed by atoms with Crippen LogP contribution in [0.4, 0.5) is 10.1 Å². The molecule has 1 unspecified atom stereocenters. The molecule has 0 heterocycles. The summed E-state index contributed by atoms with van der Waals surface area (Å²) in [7, 11) is 0. The molecular formula is C14H18FN3O. The van der Waals surface area contributed by atoms with Crippen molar-refractivity contribution in [3.63, 3.8) is 0 Å². The Balaban J connectivity index is 2.79. The van der Waals surface area contributed by atoms with Gasteiger partial charge in [0.2, 0.25) is 5.91 Å². The molecule has 0 aliphatic rings. The molecule has 1 aromatic carbocycles. The van der Waals surface area contributed by atoms with E-state index in [0.29, 0.717) is 0 Å². The quantitative estimate of drug-likeness (QED) is 0.878. The Morgan fingerprint density at radius 3 is 2.68 bits per heavy atom. The van der Waals surface area contributed by atoms with Crippen LogP contribution in [0.3, 0.4) is 0 Å². The zero-order valence-electron chi connectivity index (χ0n) is 11.3. The van der Waals surface area contributed by atoms with Crippen LogP contribution in [-0.2, 0) is 4.79 Å². The van der Waals surface area contributed by atoms with Gasteiger partial charge in [-0.1, -0.05) is 26.8 Å². The number of nitriles is 1. The van der Waals surface area contributed by atoms with Crippen molar-refractivity contribution in [3.05, 3.63) is 29.6 Å². The third-order valence-corrected chi connectivity index (χ3v) is 2.92. The fourth-order valence-electron chi connectivity index (χ4n) is 1.45. The summed E-state index contributed by atoms with van der Waals surface area (Å²) >= 11 is 0. The smallest absolute Gasteiger partial charge is 0.225 e. The maximum absolute atomic E-state index is 13.4. The number of halogens is 1. The van der Waals surface area contributed by atoms with Crippen LogP contribution in [0.1, 0.15) is 32.8 Å². The van der Waals surface area contributed by atoms with Gasteiger partial charge in [0.25, 0.3) is 0 Å². The summed E-state index contributed by atoms with van der Waals surface area (Å²) in [6.45, 7) is 5.81. The van der Waals surface area contributed by atoms with Gasteiger partial charge >= 0.3 is 0 Å². The van der Waals surface area contributed by atoms with Crippen molar-refractivity contribution in [2.45, 2.75) is 33.2 Å². The Bertz CT molecular complexity index is 514. The molecule has 0 aliphatic carbocycles. The number of rotatable bonds is 3. The molecule has 3 N–H and O–H groups in total. The van der Waals surface area contributed by atoms with E-state index in [1.54, 1.807) is 6.07 Å². The first-order valence-corrected chi connectivity index (χ1v) is 5.99. The molecule has 1 aromatic rings. The molecule has 0 aromatic heterocycles. The first kappa shape index (κ1) is 15.1. The monoisotopic (exact) mass is 263 g/mol. The topological polar surface area (TPSA) is 78.9 Å². The largest absolute Gasteiger partial charge is 0.327 e. The molecule has 5 heteroatoms. The average molecular weight is 263 g/mol. The number of amides is 1. The molecule has 19 heavy (non-hydrogen) atoms. The zero-order chi connectivity index (χ0) is 14.6. The van der Waals surface area contributed by atoms with Crippen LogP contribution in [0.2, 0.25) is 0 Å². The Hall–Kier alpha value is -1.93. The summed E-state index contributed by atoms with van der Waals surface area (Å²) < 4.78 is 13.4. The second-order valence-corrected chi connectivity index (χ2v) is 5.50. The molecule has 1 rings (SSSR count). The minimum Gasteiger partial charge on any atom is -0.327 e. The van der Waals surface area contributed by atoms with Crippen molar-refractivity contribution in [3.8, 4) is 6.07 Å². The van der Waals surface area contributed by atoms with E-state index in [4.69, 9.17) is 11.0 Å². The number of anilines is 1. The highest BCUT2D eigenvalue weighted by Crippen LogP contribution is 2.21. The van der Waals surface area contributed by atoms with Crippen LogP contribution in [0.5, 0.6) is 0 Å². The SMILES string of the molecule is CC(C)(C)C(N)CC(=O)Nc1cccc(F)c1C#N. The normalized spacial score (nSPS) is 12.6. The summed E-state index contributed by atoms with van der Waals surface area (Å²) in [5.74, 6) is -0.982. The van der Waals surface area contributed by atoms with E-state index in [0.717, 1.165) is 0 Å². The predicted octanol–water partition coefficient (Wildman–Crippen LogP) is 2.40. The van der Waals surface area contributed by atoms with Gasteiger partial charge in [-0.3, -0.25) is 4.79 Å². The maximum atomic E-state index is 13.4. The van der Waals surface area contributed by atoms with Gasteiger partial charge in [0.1, 0.15) is 17.4 Å². The first-order chi connectivity index (χ1) is 8.75. The van der Waals surface area contributed by atoms with E-state index in [1.165, 1.54) is 18.2 Å². The van der Waals surface area contributed by atoms with Crippen molar-refractivity contribution in [1.29, 1.82) is 5.26 Å². The van der Waals surface area contributed by atoms with Crippen molar-refractivity contribution in [2.75, 3.05) is 5.32 Å². The van der Waals surface area contributed by atoms with E-state index < -0.39 is 5.82 Å². The molecule has 0 aliphatic heterocycles. The Labute approximate surface area is 112 Å². The fourth-order valence-corrected chi connectivity index (χ4v) is 1.45. The number of nitrogens with zero attached hydrogens (tertiary/aromatic N) is 1. The number of nitrogens with one attached hydrogen (secondary N) is 1. The van der Waals surface area contributed by atoms with E-state index in [1.807, 2.05) is 20.8 Å². The highest BCUT2D eigenvalue weighted by molar-refractivity contribution is 5.92. The van der Waals surface area contributed by atoms with Crippen LogP contribution in [0.25, 0.3) is 0 Å². The number of benzene rings is 1. The lowest BCUT2D eigenvalue weighted by Gasteiger charge is -2.26. The van der Waals surface area contributed by atoms with Crippen LogP contribution in [0.15, 0.2) is 18.2 Å². The second-order valence-electron chi connectivity index (χ2n) is 5.50. The molecular weight excluding hydrogens is 245 g/mol. The van der Waals surface area contributed by atoms with Crippen molar-refractivity contribution < 1.29 is 9.18 Å². The Morgan fingerprint density at radius 1 is 1.53 bits per heavy atom. The summed E-state index contributed by atoms with van der Waals surface area (Å²) in [5, 5.41) is 11.4. The Morgan fingerprint density at radius 2 is 2.16 bits per heavy atom. The van der Waals surface area contributed by atoms with Crippen LogP contribution < -0.4 is 11.1 Å². The van der Waals surface area contributed by atoms with E-state index >= 15 is 0 Å². The van der Waals surface area contributed by atoms with Crippen LogP contribution >= 0.6 is 0 Å². The van der Waals surface area contributed by atoms with Crippen LogP contribution in [0, 0.1) is 22.6 Å². The molecule has 1 atom stereocenters. The maximum Gasteiger partial charge on any atom is 0.225 e. The molecule has 0 radical (unpaired) electrons. The number of hydrogen-bond donors (Lipinski definition) is 2. The summed E-state index contributed by atoms with van der Waals surface area (Å²) in [6.07, 6.45) is 0.116. The van der Waals surface area contributed by atoms with Gasteiger partial charge in [0.05, 0.1) is 5.69 Å². The van der Waals surface area contributed by atoms with E-state index in [-0.39, 0.29) is 35.0 Å². The van der Waals surface area contributed by atoms with Crippen molar-refractivity contribution in [2.24, 2.45) is 11.1 Å². The number of hydrogen-bond acceptors (Lipinski definition) is 3. The third-order valence-electron chi connectivity index (χ3n) is 2.92. The number of nitrogens with two attached hydrogens (primary N) is 1. The summed E-state index contributed by atoms with van der Waals surface area (Å²) in [6, 6.07) is 5.52. The molecule has 102 valence electrons. The average Bonchev–Trinajstić information content (AvgIpc) is 2.27. The summed E-state index contributed by atoms with van der Waals surface area (Å²) in [5.41, 5.74) is 5.72. The first-order valence-electron chi connectivity index (χ1n) is 5.99. The van der Waals surface area contributed by atoms with Gasteiger partial charge in [-0.25, -0.2) is 4.39 Å². The van der Waals surface area contributed by atoms with Gasteiger partial charge in [-0.05, 0) is 17.5 Å². The van der Waals surface area contributed by atoms with E-state index in [9.17, 15) is 9.18 Å². The minimum atomic E-state index is -0.652. The van der Waals surface area contributed by atoms with Crippen LogP contribution in [-0.4, -0.2) is 11.9 Å². The molecule has 0 saturated carbocycles. The minimum absolute atomic E-state index is 0.116. The molecule has 0 fully saturated rings. The highest BCUT2D eigenvalue weighted by Gasteiger charge is 2.23. The van der Waals surface area contributed by atoms with Crippen molar-refractivity contribution >= 4 is 11.6 Å². The standard InChI is InChI=1S/C14H18FN3O/c1-14(2,3)12(17)7-13(19)18-11-6-4-5-10(15)9(11)8-16/h4-6,12H,7,17H2,1-3H3,(H,18,19). The van der Waals surface area contributed by atoms with E-state index in [2.05, 4.69) is 5.32 Å². The van der Waals surface area contributed by atoms with Gasteiger partial charge in [0, 0.05) is 12.5 Å². The predicted molar refractivity (Wildman–Crippen MR) is 71.8 cm³/mol. The van der Waals surface area contributed by atoms with Gasteiger partial charge in [-0.15, -0.1) is 0 Å². The lowest BCUT2D eigenvalue weighted by molar-refractivity contribution is -0.117. The summed E-state index contributed by atoms with van der Waals surface area (Å²) in [4.78, 5) is 11.8. The lowest BCUT2D eigenvalue weighted by atomic mass is 9.85. The van der Waals surface area contributed by atoms with Gasteiger partial charge in [-0.2, -0.15) is 5.26 Å². The number of carbonyl (C=O) groups excluding carboxylic acids is 1. The number of carbonyl (C=O) groups is 1. The van der Waals surface area contributed by atoms with Crippen molar-refractivity contribution in [1.82, 2.24) is 0 Å². The molecule has 4 nitrogen and oxygen atoms in total. The molecule has 0 bridgehead atoms. The lowest BCUT2D eigenvalue weighted by Crippen LogP contribution is -2.38. The van der Waals surface area contributed by atoms with Gasteiger partial charge in [0.15, 0.2) is 0 Å². The molecule has 0 spiro atoms. The second kappa shape index (κ2) is 5.81.